The molecule has 108 valence electrons. The molecule has 3 heteroatoms. The van der Waals surface area contributed by atoms with Crippen molar-refractivity contribution >= 4 is 11.7 Å². The van der Waals surface area contributed by atoms with Gasteiger partial charge in [-0.2, -0.15) is 0 Å². The summed E-state index contributed by atoms with van der Waals surface area (Å²) in [7, 11) is 0. The van der Waals surface area contributed by atoms with Gasteiger partial charge in [0.15, 0.2) is 0 Å². The number of hydrogen-bond donors (Lipinski definition) is 0. The molecule has 1 fully saturated rings. The molecule has 2 rings (SSSR count). The standard InChI is InChI=1S/C17H23NO2/c1-13-6-8-15(9-7-13)12-17(20)18-10-4-3-5-16(18)11-14(2)19/h6-9,16H,3-5,10-12H2,1-2H3. The second-order valence-electron chi connectivity index (χ2n) is 5.81. The first-order valence-electron chi connectivity index (χ1n) is 7.40. The van der Waals surface area contributed by atoms with Gasteiger partial charge < -0.3 is 4.90 Å². The highest BCUT2D eigenvalue weighted by Crippen LogP contribution is 2.21. The van der Waals surface area contributed by atoms with E-state index in [9.17, 15) is 9.59 Å². The highest BCUT2D eigenvalue weighted by atomic mass is 16.2. The Kier molecular flexibility index (Phi) is 4.94. The smallest absolute Gasteiger partial charge is 0.227 e. The Balaban J connectivity index is 2.01. The van der Waals surface area contributed by atoms with E-state index >= 15 is 0 Å². The molecule has 0 aliphatic carbocycles. The predicted molar refractivity (Wildman–Crippen MR) is 79.5 cm³/mol. The Labute approximate surface area is 121 Å². The summed E-state index contributed by atoms with van der Waals surface area (Å²) in [5.41, 5.74) is 2.25. The van der Waals surface area contributed by atoms with Crippen molar-refractivity contribution in [3.8, 4) is 0 Å². The molecule has 1 amide bonds. The van der Waals surface area contributed by atoms with Crippen LogP contribution < -0.4 is 0 Å². The number of piperidine rings is 1. The van der Waals surface area contributed by atoms with Crippen LogP contribution in [0.4, 0.5) is 0 Å². The molecule has 0 N–H and O–H groups in total. The van der Waals surface area contributed by atoms with Crippen molar-refractivity contribution in [1.82, 2.24) is 4.90 Å². The Morgan fingerprint density at radius 2 is 1.90 bits per heavy atom. The summed E-state index contributed by atoms with van der Waals surface area (Å²) in [5, 5.41) is 0. The summed E-state index contributed by atoms with van der Waals surface area (Å²) >= 11 is 0. The van der Waals surface area contributed by atoms with Gasteiger partial charge in [-0.05, 0) is 38.7 Å². The van der Waals surface area contributed by atoms with Crippen molar-refractivity contribution in [2.24, 2.45) is 0 Å². The van der Waals surface area contributed by atoms with E-state index in [4.69, 9.17) is 0 Å². The first kappa shape index (κ1) is 14.8. The number of carbonyl (C=O) groups is 2. The predicted octanol–water partition coefficient (Wildman–Crippen LogP) is 2.90. The Morgan fingerprint density at radius 3 is 2.55 bits per heavy atom. The number of Topliss-reactive ketones (excluding diaryl/α,β-unsaturated/α-hetero) is 1. The van der Waals surface area contributed by atoms with Crippen molar-refractivity contribution in [3.05, 3.63) is 35.4 Å². The van der Waals surface area contributed by atoms with Crippen LogP contribution in [0.25, 0.3) is 0 Å². The van der Waals surface area contributed by atoms with Crippen LogP contribution in [0.2, 0.25) is 0 Å². The third-order valence-electron chi connectivity index (χ3n) is 3.95. The third kappa shape index (κ3) is 3.92. The maximum absolute atomic E-state index is 12.5. The van der Waals surface area contributed by atoms with Gasteiger partial charge in [-0.1, -0.05) is 29.8 Å². The minimum atomic E-state index is 0.110. The second kappa shape index (κ2) is 6.69. The van der Waals surface area contributed by atoms with Crippen LogP contribution in [0.1, 0.15) is 43.7 Å². The highest BCUT2D eigenvalue weighted by Gasteiger charge is 2.27. The van der Waals surface area contributed by atoms with Gasteiger partial charge in [0.25, 0.3) is 0 Å². The first-order valence-corrected chi connectivity index (χ1v) is 7.40. The minimum absolute atomic E-state index is 0.110. The number of hydrogen-bond acceptors (Lipinski definition) is 2. The van der Waals surface area contributed by atoms with Crippen LogP contribution in [0.3, 0.4) is 0 Å². The van der Waals surface area contributed by atoms with Crippen molar-refractivity contribution in [2.45, 2.75) is 52.0 Å². The van der Waals surface area contributed by atoms with Gasteiger partial charge >= 0.3 is 0 Å². The fourth-order valence-corrected chi connectivity index (χ4v) is 2.86. The minimum Gasteiger partial charge on any atom is -0.339 e. The van der Waals surface area contributed by atoms with Crippen LogP contribution in [0.5, 0.6) is 0 Å². The number of aryl methyl sites for hydroxylation is 1. The molecule has 1 aliphatic heterocycles. The van der Waals surface area contributed by atoms with E-state index < -0.39 is 0 Å². The number of rotatable bonds is 4. The fourth-order valence-electron chi connectivity index (χ4n) is 2.86. The first-order chi connectivity index (χ1) is 9.56. The Bertz CT molecular complexity index is 478. The third-order valence-corrected chi connectivity index (χ3v) is 3.95. The van der Waals surface area contributed by atoms with Gasteiger partial charge in [-0.3, -0.25) is 9.59 Å². The van der Waals surface area contributed by atoms with E-state index in [1.165, 1.54) is 5.56 Å². The molecule has 0 bridgehead atoms. The van der Waals surface area contributed by atoms with Crippen LogP contribution in [0, 0.1) is 6.92 Å². The zero-order valence-corrected chi connectivity index (χ0v) is 12.4. The number of amides is 1. The van der Waals surface area contributed by atoms with Crippen molar-refractivity contribution in [2.75, 3.05) is 6.54 Å². The van der Waals surface area contributed by atoms with E-state index in [0.29, 0.717) is 12.8 Å². The molecule has 3 nitrogen and oxygen atoms in total. The molecule has 1 unspecified atom stereocenters. The van der Waals surface area contributed by atoms with Gasteiger partial charge in [0.05, 0.1) is 6.42 Å². The van der Waals surface area contributed by atoms with Crippen LogP contribution >= 0.6 is 0 Å². The molecule has 0 aromatic heterocycles. The Hall–Kier alpha value is -1.64. The van der Waals surface area contributed by atoms with Crippen molar-refractivity contribution < 1.29 is 9.59 Å². The van der Waals surface area contributed by atoms with E-state index in [0.717, 1.165) is 31.4 Å². The summed E-state index contributed by atoms with van der Waals surface area (Å²) in [6.45, 7) is 4.44. The Morgan fingerprint density at radius 1 is 1.20 bits per heavy atom. The second-order valence-corrected chi connectivity index (χ2v) is 5.81. The zero-order chi connectivity index (χ0) is 14.5. The lowest BCUT2D eigenvalue weighted by Crippen LogP contribution is -2.45. The number of carbonyl (C=O) groups excluding carboxylic acids is 2. The fraction of sp³-hybridized carbons (Fsp3) is 0.529. The topological polar surface area (TPSA) is 37.4 Å². The molecular formula is C17H23NO2. The van der Waals surface area contributed by atoms with E-state index in [1.807, 2.05) is 36.1 Å². The van der Waals surface area contributed by atoms with Crippen molar-refractivity contribution in [3.63, 3.8) is 0 Å². The average Bonchev–Trinajstić information content (AvgIpc) is 2.41. The lowest BCUT2D eigenvalue weighted by Gasteiger charge is -2.35. The lowest BCUT2D eigenvalue weighted by molar-refractivity contribution is -0.135. The van der Waals surface area contributed by atoms with Crippen LogP contribution in [-0.4, -0.2) is 29.2 Å². The largest absolute Gasteiger partial charge is 0.339 e. The maximum Gasteiger partial charge on any atom is 0.227 e. The molecule has 1 aromatic rings. The molecule has 0 saturated carbocycles. The zero-order valence-electron chi connectivity index (χ0n) is 12.4. The number of benzene rings is 1. The summed E-state index contributed by atoms with van der Waals surface area (Å²) in [5.74, 6) is 0.324. The molecule has 1 atom stereocenters. The number of ketones is 1. The highest BCUT2D eigenvalue weighted by molar-refractivity contribution is 5.81. The molecule has 0 radical (unpaired) electrons. The number of likely N-dealkylation sites (tertiary alicyclic amines) is 1. The van der Waals surface area contributed by atoms with Crippen molar-refractivity contribution in [1.29, 1.82) is 0 Å². The van der Waals surface area contributed by atoms with Gasteiger partial charge in [0.2, 0.25) is 5.91 Å². The van der Waals surface area contributed by atoms with Crippen LogP contribution in [0.15, 0.2) is 24.3 Å². The van der Waals surface area contributed by atoms with Gasteiger partial charge in [-0.15, -0.1) is 0 Å². The van der Waals surface area contributed by atoms with E-state index in [1.54, 1.807) is 6.92 Å². The summed E-state index contributed by atoms with van der Waals surface area (Å²) in [4.78, 5) is 25.7. The number of nitrogens with zero attached hydrogens (tertiary/aromatic N) is 1. The lowest BCUT2D eigenvalue weighted by atomic mass is 9.97. The average molecular weight is 273 g/mol. The monoisotopic (exact) mass is 273 g/mol. The normalized spacial score (nSPS) is 18.9. The van der Waals surface area contributed by atoms with Gasteiger partial charge in [0, 0.05) is 19.0 Å². The van der Waals surface area contributed by atoms with Gasteiger partial charge in [0.1, 0.15) is 5.78 Å². The molecular weight excluding hydrogens is 250 g/mol. The molecule has 0 spiro atoms. The molecule has 1 aliphatic rings. The molecule has 20 heavy (non-hydrogen) atoms. The quantitative estimate of drug-likeness (QED) is 0.846. The van der Waals surface area contributed by atoms with E-state index in [2.05, 4.69) is 0 Å². The van der Waals surface area contributed by atoms with E-state index in [-0.39, 0.29) is 17.7 Å². The summed E-state index contributed by atoms with van der Waals surface area (Å²) in [6.07, 6.45) is 4.06. The van der Waals surface area contributed by atoms with Crippen LogP contribution in [-0.2, 0) is 16.0 Å². The molecule has 1 aromatic carbocycles. The summed E-state index contributed by atoms with van der Waals surface area (Å²) in [6, 6.07) is 8.20. The molecule has 1 heterocycles. The maximum atomic E-state index is 12.5. The SMILES string of the molecule is CC(=O)CC1CCCCN1C(=O)Cc1ccc(C)cc1. The molecule has 1 saturated heterocycles. The summed E-state index contributed by atoms with van der Waals surface area (Å²) < 4.78 is 0. The van der Waals surface area contributed by atoms with Gasteiger partial charge in [-0.25, -0.2) is 0 Å².